The molecule has 0 saturated heterocycles. The summed E-state index contributed by atoms with van der Waals surface area (Å²) in [5.74, 6) is -0.0698. The van der Waals surface area contributed by atoms with Gasteiger partial charge in [0.25, 0.3) is 5.69 Å². The summed E-state index contributed by atoms with van der Waals surface area (Å²) in [5.41, 5.74) is 3.13. The van der Waals surface area contributed by atoms with Gasteiger partial charge in [0.2, 0.25) is 5.91 Å². The van der Waals surface area contributed by atoms with E-state index in [1.165, 1.54) is 17.0 Å². The van der Waals surface area contributed by atoms with E-state index in [-0.39, 0.29) is 24.2 Å². The number of nitro benzene ring substituents is 1. The third-order valence-electron chi connectivity index (χ3n) is 5.01. The Balaban J connectivity index is 1.51. The molecule has 0 fully saturated rings. The van der Waals surface area contributed by atoms with Crippen molar-refractivity contribution in [2.75, 3.05) is 20.1 Å². The van der Waals surface area contributed by atoms with Gasteiger partial charge in [0.05, 0.1) is 11.5 Å². The Morgan fingerprint density at radius 2 is 2.04 bits per heavy atom. The first kappa shape index (κ1) is 19.6. The van der Waals surface area contributed by atoms with Gasteiger partial charge in [-0.1, -0.05) is 30.3 Å². The van der Waals surface area contributed by atoms with Crippen LogP contribution >= 0.6 is 0 Å². The standard InChI is InChI=1S/C21H24N4O3/c1-15(16-6-5-7-18(12-16)25(27)28)24(2)14-21(26)22-11-10-17-13-23-20-9-4-3-8-19(17)20/h3-9,12-13,15,23H,10-11,14H2,1-2H3,(H,22,26)/t15-/m1/s1. The number of benzene rings is 2. The fraction of sp³-hybridized carbons (Fsp3) is 0.286. The van der Waals surface area contributed by atoms with Crippen molar-refractivity contribution in [1.29, 1.82) is 0 Å². The first-order valence-electron chi connectivity index (χ1n) is 9.22. The van der Waals surface area contributed by atoms with Crippen LogP contribution < -0.4 is 5.32 Å². The molecule has 7 nitrogen and oxygen atoms in total. The molecule has 0 saturated carbocycles. The van der Waals surface area contributed by atoms with E-state index in [9.17, 15) is 14.9 Å². The molecule has 2 N–H and O–H groups in total. The van der Waals surface area contributed by atoms with Crippen molar-refractivity contribution in [3.63, 3.8) is 0 Å². The molecule has 146 valence electrons. The summed E-state index contributed by atoms with van der Waals surface area (Å²) < 4.78 is 0. The van der Waals surface area contributed by atoms with Crippen LogP contribution in [-0.4, -0.2) is 40.9 Å². The largest absolute Gasteiger partial charge is 0.361 e. The van der Waals surface area contributed by atoms with Crippen molar-refractivity contribution in [3.05, 3.63) is 76.0 Å². The molecule has 0 unspecified atom stereocenters. The third-order valence-corrected chi connectivity index (χ3v) is 5.01. The molecule has 1 heterocycles. The van der Waals surface area contributed by atoms with Crippen molar-refractivity contribution < 1.29 is 9.72 Å². The van der Waals surface area contributed by atoms with Gasteiger partial charge in [-0.05, 0) is 37.6 Å². The van der Waals surface area contributed by atoms with E-state index in [0.717, 1.165) is 17.5 Å². The lowest BCUT2D eigenvalue weighted by Crippen LogP contribution is -2.37. The number of carbonyl (C=O) groups excluding carboxylic acids is 1. The highest BCUT2D eigenvalue weighted by Gasteiger charge is 2.17. The number of H-pyrrole nitrogens is 1. The summed E-state index contributed by atoms with van der Waals surface area (Å²) in [7, 11) is 1.84. The van der Waals surface area contributed by atoms with Gasteiger partial charge in [0.1, 0.15) is 0 Å². The van der Waals surface area contributed by atoms with Crippen LogP contribution in [0.15, 0.2) is 54.7 Å². The number of amides is 1. The molecule has 28 heavy (non-hydrogen) atoms. The number of rotatable bonds is 8. The fourth-order valence-corrected chi connectivity index (χ4v) is 3.25. The number of carbonyl (C=O) groups is 1. The van der Waals surface area contributed by atoms with Crippen LogP contribution in [0, 0.1) is 10.1 Å². The molecule has 0 spiro atoms. The van der Waals surface area contributed by atoms with Gasteiger partial charge in [-0.25, -0.2) is 0 Å². The Labute approximate surface area is 163 Å². The molecule has 0 aliphatic rings. The molecular formula is C21H24N4O3. The topological polar surface area (TPSA) is 91.3 Å². The lowest BCUT2D eigenvalue weighted by atomic mass is 10.1. The molecule has 2 aromatic carbocycles. The summed E-state index contributed by atoms with van der Waals surface area (Å²) >= 11 is 0. The van der Waals surface area contributed by atoms with Crippen LogP contribution in [0.2, 0.25) is 0 Å². The van der Waals surface area contributed by atoms with Gasteiger partial charge >= 0.3 is 0 Å². The second kappa shape index (κ2) is 8.67. The van der Waals surface area contributed by atoms with Crippen LogP contribution in [0.1, 0.15) is 24.1 Å². The molecule has 1 aromatic heterocycles. The van der Waals surface area contributed by atoms with Gasteiger partial charge in [-0.15, -0.1) is 0 Å². The second-order valence-electron chi connectivity index (χ2n) is 6.90. The van der Waals surface area contributed by atoms with Crippen LogP contribution in [0.5, 0.6) is 0 Å². The number of nitrogens with zero attached hydrogens (tertiary/aromatic N) is 2. The quantitative estimate of drug-likeness (QED) is 0.463. The Hall–Kier alpha value is -3.19. The monoisotopic (exact) mass is 380 g/mol. The van der Waals surface area contributed by atoms with Gasteiger partial charge in [0.15, 0.2) is 0 Å². The van der Waals surface area contributed by atoms with Crippen molar-refractivity contribution >= 4 is 22.5 Å². The molecule has 1 atom stereocenters. The van der Waals surface area contributed by atoms with Gasteiger partial charge in [-0.2, -0.15) is 0 Å². The number of hydrogen-bond donors (Lipinski definition) is 2. The maximum Gasteiger partial charge on any atom is 0.269 e. The smallest absolute Gasteiger partial charge is 0.269 e. The minimum Gasteiger partial charge on any atom is -0.361 e. The molecule has 0 radical (unpaired) electrons. The molecule has 3 rings (SSSR count). The van der Waals surface area contributed by atoms with E-state index in [2.05, 4.69) is 16.4 Å². The Morgan fingerprint density at radius 3 is 2.82 bits per heavy atom. The molecule has 0 aliphatic heterocycles. The number of fused-ring (bicyclic) bond motifs is 1. The third kappa shape index (κ3) is 4.55. The van der Waals surface area contributed by atoms with Crippen molar-refractivity contribution in [3.8, 4) is 0 Å². The van der Waals surface area contributed by atoms with E-state index >= 15 is 0 Å². The fourth-order valence-electron chi connectivity index (χ4n) is 3.25. The van der Waals surface area contributed by atoms with Gasteiger partial charge < -0.3 is 10.3 Å². The second-order valence-corrected chi connectivity index (χ2v) is 6.90. The molecule has 3 aromatic rings. The Bertz CT molecular complexity index is 982. The predicted molar refractivity (Wildman–Crippen MR) is 109 cm³/mol. The molecule has 0 aliphatic carbocycles. The lowest BCUT2D eigenvalue weighted by molar-refractivity contribution is -0.384. The number of aromatic nitrogens is 1. The minimum absolute atomic E-state index is 0.0564. The Kier molecular flexibility index (Phi) is 6.06. The summed E-state index contributed by atoms with van der Waals surface area (Å²) in [6.07, 6.45) is 2.73. The lowest BCUT2D eigenvalue weighted by Gasteiger charge is -2.24. The highest BCUT2D eigenvalue weighted by atomic mass is 16.6. The predicted octanol–water partition coefficient (Wildman–Crippen LogP) is 3.43. The minimum atomic E-state index is -0.409. The SMILES string of the molecule is C[C@H](c1cccc([N+](=O)[O-])c1)N(C)CC(=O)NCCc1c[nH]c2ccccc12. The van der Waals surface area contributed by atoms with E-state index in [1.807, 2.05) is 49.3 Å². The van der Waals surface area contributed by atoms with E-state index in [0.29, 0.717) is 6.54 Å². The molecule has 0 bridgehead atoms. The first-order valence-corrected chi connectivity index (χ1v) is 9.22. The van der Waals surface area contributed by atoms with Crippen molar-refractivity contribution in [2.24, 2.45) is 0 Å². The Morgan fingerprint density at radius 1 is 1.25 bits per heavy atom. The number of hydrogen-bond acceptors (Lipinski definition) is 4. The normalized spacial score (nSPS) is 12.2. The average molecular weight is 380 g/mol. The van der Waals surface area contributed by atoms with Crippen molar-refractivity contribution in [1.82, 2.24) is 15.2 Å². The zero-order chi connectivity index (χ0) is 20.1. The summed E-state index contributed by atoms with van der Waals surface area (Å²) in [5, 5.41) is 15.1. The van der Waals surface area contributed by atoms with E-state index in [1.54, 1.807) is 12.1 Å². The average Bonchev–Trinajstić information content (AvgIpc) is 3.10. The first-order chi connectivity index (χ1) is 13.5. The molecule has 7 heteroatoms. The maximum atomic E-state index is 12.3. The summed E-state index contributed by atoms with van der Waals surface area (Å²) in [4.78, 5) is 27.9. The number of aromatic amines is 1. The summed E-state index contributed by atoms with van der Waals surface area (Å²) in [6.45, 7) is 2.70. The maximum absolute atomic E-state index is 12.3. The highest BCUT2D eigenvalue weighted by molar-refractivity contribution is 5.83. The zero-order valence-electron chi connectivity index (χ0n) is 16.0. The number of likely N-dealkylation sites (N-methyl/N-ethyl adjacent to an activating group) is 1. The number of nitro groups is 1. The van der Waals surface area contributed by atoms with E-state index in [4.69, 9.17) is 0 Å². The number of non-ortho nitro benzene ring substituents is 1. The van der Waals surface area contributed by atoms with Crippen molar-refractivity contribution in [2.45, 2.75) is 19.4 Å². The van der Waals surface area contributed by atoms with Crippen LogP contribution in [0.25, 0.3) is 10.9 Å². The number of para-hydroxylation sites is 1. The van der Waals surface area contributed by atoms with Crippen LogP contribution in [-0.2, 0) is 11.2 Å². The van der Waals surface area contributed by atoms with Crippen LogP contribution in [0.3, 0.4) is 0 Å². The van der Waals surface area contributed by atoms with Gasteiger partial charge in [-0.3, -0.25) is 19.8 Å². The molecular weight excluding hydrogens is 356 g/mol. The van der Waals surface area contributed by atoms with Crippen LogP contribution in [0.4, 0.5) is 5.69 Å². The summed E-state index contributed by atoms with van der Waals surface area (Å²) in [6, 6.07) is 14.5. The van der Waals surface area contributed by atoms with E-state index < -0.39 is 4.92 Å². The number of nitrogens with one attached hydrogen (secondary N) is 2. The van der Waals surface area contributed by atoms with Gasteiger partial charge in [0, 0.05) is 41.8 Å². The zero-order valence-corrected chi connectivity index (χ0v) is 16.0. The molecule has 1 amide bonds. The highest BCUT2D eigenvalue weighted by Crippen LogP contribution is 2.22.